The number of ether oxygens (including phenoxy) is 1. The average molecular weight is 150 g/mol. The molecule has 11 heavy (non-hydrogen) atoms. The summed E-state index contributed by atoms with van der Waals surface area (Å²) in [6, 6.07) is 5.94. The van der Waals surface area contributed by atoms with Crippen LogP contribution in [0.3, 0.4) is 0 Å². The summed E-state index contributed by atoms with van der Waals surface area (Å²) < 4.78 is 5.25. The molecule has 3 N–H and O–H groups in total. The maximum absolute atomic E-state index is 5.48. The maximum atomic E-state index is 5.48. The highest BCUT2D eigenvalue weighted by Gasteiger charge is 2.09. The zero-order chi connectivity index (χ0) is 7.68. The highest BCUT2D eigenvalue weighted by molar-refractivity contribution is 5.60. The second-order valence-electron chi connectivity index (χ2n) is 2.50. The number of fused-ring (bicyclic) bond motifs is 1. The van der Waals surface area contributed by atoms with E-state index in [1.807, 2.05) is 18.2 Å². The van der Waals surface area contributed by atoms with Crippen LogP contribution < -0.4 is 15.8 Å². The maximum Gasteiger partial charge on any atom is 0.159 e. The van der Waals surface area contributed by atoms with Crippen LogP contribution in [0.4, 0.5) is 5.69 Å². The van der Waals surface area contributed by atoms with Crippen LogP contribution in [0.5, 0.6) is 5.75 Å². The number of hydrogen-bond acceptors (Lipinski definition) is 3. The molecule has 0 aliphatic carbocycles. The summed E-state index contributed by atoms with van der Waals surface area (Å²) in [6.45, 7) is 1.15. The lowest BCUT2D eigenvalue weighted by Crippen LogP contribution is -1.97. The summed E-state index contributed by atoms with van der Waals surface area (Å²) in [4.78, 5) is 0. The van der Waals surface area contributed by atoms with E-state index in [1.54, 1.807) is 0 Å². The van der Waals surface area contributed by atoms with Gasteiger partial charge in [-0.25, -0.2) is 0 Å². The van der Waals surface area contributed by atoms with E-state index in [9.17, 15) is 0 Å². The molecule has 0 spiro atoms. The summed E-state index contributed by atoms with van der Waals surface area (Å²) in [5.41, 5.74) is 7.65. The second-order valence-corrected chi connectivity index (χ2v) is 2.50. The first-order valence-corrected chi connectivity index (χ1v) is 3.60. The van der Waals surface area contributed by atoms with Gasteiger partial charge in [-0.15, -0.1) is 0 Å². The number of hydrogen-bond donors (Lipinski definition) is 2. The lowest BCUT2D eigenvalue weighted by atomic mass is 10.2. The van der Waals surface area contributed by atoms with Gasteiger partial charge in [0.25, 0.3) is 0 Å². The van der Waals surface area contributed by atoms with Crippen molar-refractivity contribution in [2.75, 3.05) is 12.0 Å². The van der Waals surface area contributed by atoms with E-state index < -0.39 is 0 Å². The van der Waals surface area contributed by atoms with Gasteiger partial charge in [0, 0.05) is 6.54 Å². The van der Waals surface area contributed by atoms with Crippen molar-refractivity contribution in [1.29, 1.82) is 0 Å². The van der Waals surface area contributed by atoms with Crippen molar-refractivity contribution in [2.24, 2.45) is 5.73 Å². The molecule has 0 fully saturated rings. The molecule has 1 aromatic rings. The molecule has 58 valence electrons. The Morgan fingerprint density at radius 1 is 1.55 bits per heavy atom. The predicted octanol–water partition coefficient (Wildman–Crippen LogP) is 0.907. The molecule has 3 nitrogen and oxygen atoms in total. The van der Waals surface area contributed by atoms with Crippen molar-refractivity contribution in [3.63, 3.8) is 0 Å². The first-order valence-electron chi connectivity index (χ1n) is 3.60. The molecule has 0 aromatic heterocycles. The minimum atomic E-state index is 0.573. The van der Waals surface area contributed by atoms with E-state index in [1.165, 1.54) is 0 Å². The van der Waals surface area contributed by atoms with Gasteiger partial charge in [-0.3, -0.25) is 0 Å². The smallest absolute Gasteiger partial charge is 0.159 e. The number of rotatable bonds is 1. The van der Waals surface area contributed by atoms with E-state index in [4.69, 9.17) is 10.5 Å². The SMILES string of the molecule is NCc1ccc2c(c1)NCO2. The van der Waals surface area contributed by atoms with Crippen LogP contribution in [0, 0.1) is 0 Å². The number of nitrogens with one attached hydrogen (secondary N) is 1. The Morgan fingerprint density at radius 3 is 3.27 bits per heavy atom. The quantitative estimate of drug-likeness (QED) is 0.625. The molecule has 0 bridgehead atoms. The summed E-state index contributed by atoms with van der Waals surface area (Å²) in [5, 5.41) is 3.10. The fourth-order valence-corrected chi connectivity index (χ4v) is 1.16. The lowest BCUT2D eigenvalue weighted by molar-refractivity contribution is 0.372. The topological polar surface area (TPSA) is 47.3 Å². The van der Waals surface area contributed by atoms with Crippen LogP contribution in [0.1, 0.15) is 5.56 Å². The zero-order valence-corrected chi connectivity index (χ0v) is 6.13. The van der Waals surface area contributed by atoms with Crippen molar-refractivity contribution >= 4 is 5.69 Å². The van der Waals surface area contributed by atoms with Crippen LogP contribution in [0.25, 0.3) is 0 Å². The van der Waals surface area contributed by atoms with Gasteiger partial charge in [0.15, 0.2) is 6.73 Å². The van der Waals surface area contributed by atoms with Crippen molar-refractivity contribution in [3.05, 3.63) is 23.8 Å². The number of anilines is 1. The monoisotopic (exact) mass is 150 g/mol. The Morgan fingerprint density at radius 2 is 2.45 bits per heavy atom. The summed E-state index contributed by atoms with van der Waals surface area (Å²) in [6.07, 6.45) is 0. The normalized spacial score (nSPS) is 13.5. The molecule has 3 heteroatoms. The van der Waals surface area contributed by atoms with E-state index in [0.717, 1.165) is 17.0 Å². The first-order chi connectivity index (χ1) is 5.40. The molecule has 0 amide bonds. The van der Waals surface area contributed by atoms with E-state index in [-0.39, 0.29) is 0 Å². The minimum absolute atomic E-state index is 0.573. The van der Waals surface area contributed by atoms with Crippen molar-refractivity contribution in [1.82, 2.24) is 0 Å². The standard InChI is InChI=1S/C8H10N2O/c9-4-6-1-2-8-7(3-6)10-5-11-8/h1-3,10H,4-5,9H2. The molecule has 1 aliphatic rings. The lowest BCUT2D eigenvalue weighted by Gasteiger charge is -1.99. The number of benzene rings is 1. The van der Waals surface area contributed by atoms with Gasteiger partial charge in [0.2, 0.25) is 0 Å². The highest BCUT2D eigenvalue weighted by Crippen LogP contribution is 2.29. The van der Waals surface area contributed by atoms with Crippen LogP contribution in [0.15, 0.2) is 18.2 Å². The van der Waals surface area contributed by atoms with Crippen LogP contribution in [0.2, 0.25) is 0 Å². The molecule has 1 aromatic carbocycles. The fraction of sp³-hybridized carbons (Fsp3) is 0.250. The van der Waals surface area contributed by atoms with Gasteiger partial charge >= 0.3 is 0 Å². The highest BCUT2D eigenvalue weighted by atomic mass is 16.5. The van der Waals surface area contributed by atoms with Crippen LogP contribution in [-0.4, -0.2) is 6.73 Å². The first kappa shape index (κ1) is 6.49. The van der Waals surface area contributed by atoms with Gasteiger partial charge in [0.1, 0.15) is 5.75 Å². The Balaban J connectivity index is 2.41. The van der Waals surface area contributed by atoms with Crippen LogP contribution in [-0.2, 0) is 6.54 Å². The summed E-state index contributed by atoms with van der Waals surface area (Å²) in [7, 11) is 0. The molecule has 0 unspecified atom stereocenters. The largest absolute Gasteiger partial charge is 0.471 e. The minimum Gasteiger partial charge on any atom is -0.471 e. The van der Waals surface area contributed by atoms with E-state index in [0.29, 0.717) is 13.3 Å². The van der Waals surface area contributed by atoms with Crippen molar-refractivity contribution in [2.45, 2.75) is 6.54 Å². The molecule has 0 saturated carbocycles. The molecule has 1 aliphatic heterocycles. The molecule has 0 radical (unpaired) electrons. The van der Waals surface area contributed by atoms with Crippen molar-refractivity contribution < 1.29 is 4.74 Å². The van der Waals surface area contributed by atoms with Gasteiger partial charge in [-0.1, -0.05) is 6.07 Å². The van der Waals surface area contributed by atoms with Gasteiger partial charge in [-0.05, 0) is 17.7 Å². The molecule has 2 rings (SSSR count). The molecule has 0 atom stereocenters. The Bertz CT molecular complexity index is 273. The fourth-order valence-electron chi connectivity index (χ4n) is 1.16. The molecule has 0 saturated heterocycles. The number of nitrogens with two attached hydrogens (primary N) is 1. The molecular formula is C8H10N2O. The predicted molar refractivity (Wildman–Crippen MR) is 43.5 cm³/mol. The van der Waals surface area contributed by atoms with E-state index in [2.05, 4.69) is 5.32 Å². The molecule has 1 heterocycles. The zero-order valence-electron chi connectivity index (χ0n) is 6.13. The van der Waals surface area contributed by atoms with E-state index >= 15 is 0 Å². The second kappa shape index (κ2) is 2.43. The molecular weight excluding hydrogens is 140 g/mol. The third-order valence-corrected chi connectivity index (χ3v) is 1.77. The third-order valence-electron chi connectivity index (χ3n) is 1.77. The Hall–Kier alpha value is -1.22. The Kier molecular flexibility index (Phi) is 1.43. The van der Waals surface area contributed by atoms with Gasteiger partial charge in [-0.2, -0.15) is 0 Å². The van der Waals surface area contributed by atoms with Crippen LogP contribution >= 0.6 is 0 Å². The third kappa shape index (κ3) is 1.03. The van der Waals surface area contributed by atoms with Gasteiger partial charge < -0.3 is 15.8 Å². The average Bonchev–Trinajstić information content (AvgIpc) is 2.50. The van der Waals surface area contributed by atoms with Crippen molar-refractivity contribution in [3.8, 4) is 5.75 Å². The summed E-state index contributed by atoms with van der Waals surface area (Å²) in [5.74, 6) is 0.919. The Labute approximate surface area is 65.2 Å². The summed E-state index contributed by atoms with van der Waals surface area (Å²) >= 11 is 0. The van der Waals surface area contributed by atoms with Gasteiger partial charge in [0.05, 0.1) is 5.69 Å².